The maximum absolute atomic E-state index is 9.16. The van der Waals surface area contributed by atoms with Gasteiger partial charge in [0.1, 0.15) is 6.07 Å². The van der Waals surface area contributed by atoms with E-state index in [1.165, 1.54) is 24.8 Å². The molecule has 0 aromatic heterocycles. The fraction of sp³-hybridized carbons (Fsp3) is 0.533. The van der Waals surface area contributed by atoms with Crippen molar-refractivity contribution in [3.63, 3.8) is 0 Å². The average Bonchev–Trinajstić information content (AvgIpc) is 2.39. The zero-order chi connectivity index (χ0) is 12.3. The molecule has 2 rings (SSSR count). The lowest BCUT2D eigenvalue weighted by Crippen LogP contribution is -2.34. The number of piperidine rings is 1. The van der Waals surface area contributed by atoms with Crippen LogP contribution in [0.5, 0.6) is 0 Å². The molecule has 2 nitrogen and oxygen atoms in total. The normalized spacial score (nSPS) is 16.9. The van der Waals surface area contributed by atoms with Crippen LogP contribution in [0.15, 0.2) is 18.2 Å². The highest BCUT2D eigenvalue weighted by Gasteiger charge is 2.19. The molecule has 17 heavy (non-hydrogen) atoms. The maximum Gasteiger partial charge on any atom is 0.101 e. The van der Waals surface area contributed by atoms with Crippen molar-refractivity contribution in [1.29, 1.82) is 5.26 Å². The predicted molar refractivity (Wildman–Crippen MR) is 71.1 cm³/mol. The van der Waals surface area contributed by atoms with Gasteiger partial charge in [0.15, 0.2) is 0 Å². The van der Waals surface area contributed by atoms with Crippen LogP contribution in [0, 0.1) is 24.2 Å². The first-order chi connectivity index (χ1) is 8.24. The summed E-state index contributed by atoms with van der Waals surface area (Å²) in [6, 6.07) is 8.40. The van der Waals surface area contributed by atoms with Crippen LogP contribution in [0.3, 0.4) is 0 Å². The van der Waals surface area contributed by atoms with Crippen LogP contribution in [-0.2, 0) is 0 Å². The van der Waals surface area contributed by atoms with Crippen molar-refractivity contribution < 1.29 is 0 Å². The van der Waals surface area contributed by atoms with Crippen molar-refractivity contribution in [2.45, 2.75) is 33.1 Å². The van der Waals surface area contributed by atoms with E-state index in [0.29, 0.717) is 0 Å². The lowest BCUT2D eigenvalue weighted by Gasteiger charge is -2.33. The Morgan fingerprint density at radius 3 is 2.65 bits per heavy atom. The van der Waals surface area contributed by atoms with Crippen molar-refractivity contribution in [3.05, 3.63) is 29.3 Å². The van der Waals surface area contributed by atoms with E-state index in [1.807, 2.05) is 12.1 Å². The molecule has 0 saturated carbocycles. The van der Waals surface area contributed by atoms with E-state index in [1.54, 1.807) is 0 Å². The molecule has 0 bridgehead atoms. The Kier molecular flexibility index (Phi) is 3.68. The molecule has 1 aliphatic rings. The van der Waals surface area contributed by atoms with Gasteiger partial charge < -0.3 is 4.90 Å². The molecule has 1 fully saturated rings. The largest absolute Gasteiger partial charge is 0.370 e. The smallest absolute Gasteiger partial charge is 0.101 e. The summed E-state index contributed by atoms with van der Waals surface area (Å²) >= 11 is 0. The Morgan fingerprint density at radius 1 is 1.35 bits per heavy atom. The number of nitrogens with zero attached hydrogens (tertiary/aromatic N) is 2. The summed E-state index contributed by atoms with van der Waals surface area (Å²) in [5, 5.41) is 9.16. The first-order valence-electron chi connectivity index (χ1n) is 6.50. The summed E-state index contributed by atoms with van der Waals surface area (Å²) in [7, 11) is 0. The third-order valence-electron chi connectivity index (χ3n) is 3.81. The summed E-state index contributed by atoms with van der Waals surface area (Å²) in [5.41, 5.74) is 3.17. The van der Waals surface area contributed by atoms with Gasteiger partial charge in [0.05, 0.1) is 11.3 Å². The van der Waals surface area contributed by atoms with E-state index in [4.69, 9.17) is 5.26 Å². The van der Waals surface area contributed by atoms with Gasteiger partial charge in [-0.2, -0.15) is 5.26 Å². The molecule has 1 aromatic rings. The van der Waals surface area contributed by atoms with E-state index in [-0.39, 0.29) is 0 Å². The monoisotopic (exact) mass is 228 g/mol. The van der Waals surface area contributed by atoms with E-state index in [9.17, 15) is 0 Å². The van der Waals surface area contributed by atoms with Crippen molar-refractivity contribution in [2.24, 2.45) is 5.92 Å². The molecule has 0 aliphatic carbocycles. The molecular weight excluding hydrogens is 208 g/mol. The van der Waals surface area contributed by atoms with Crippen molar-refractivity contribution >= 4 is 5.69 Å². The molecule has 1 saturated heterocycles. The van der Waals surface area contributed by atoms with Gasteiger partial charge in [-0.25, -0.2) is 0 Å². The van der Waals surface area contributed by atoms with Gasteiger partial charge in [0.25, 0.3) is 0 Å². The van der Waals surface area contributed by atoms with Gasteiger partial charge in [-0.1, -0.05) is 19.4 Å². The second-order valence-electron chi connectivity index (χ2n) is 4.97. The number of rotatable bonds is 2. The molecule has 0 atom stereocenters. The Balaban J connectivity index is 2.18. The van der Waals surface area contributed by atoms with Gasteiger partial charge in [0, 0.05) is 13.1 Å². The summed E-state index contributed by atoms with van der Waals surface area (Å²) in [4.78, 5) is 2.37. The van der Waals surface area contributed by atoms with Crippen molar-refractivity contribution in [1.82, 2.24) is 0 Å². The van der Waals surface area contributed by atoms with Gasteiger partial charge in [-0.05, 0) is 43.4 Å². The Hall–Kier alpha value is -1.49. The van der Waals surface area contributed by atoms with Crippen LogP contribution >= 0.6 is 0 Å². The minimum absolute atomic E-state index is 0.811. The number of anilines is 1. The predicted octanol–water partition coefficient (Wildman–Crippen LogP) is 3.49. The van der Waals surface area contributed by atoms with Crippen LogP contribution in [0.25, 0.3) is 0 Å². The van der Waals surface area contributed by atoms with Crippen LogP contribution < -0.4 is 4.90 Å². The fourth-order valence-corrected chi connectivity index (χ4v) is 2.58. The highest BCUT2D eigenvalue weighted by Crippen LogP contribution is 2.28. The van der Waals surface area contributed by atoms with Gasteiger partial charge in [0.2, 0.25) is 0 Å². The quantitative estimate of drug-likeness (QED) is 0.774. The standard InChI is InChI=1S/C15H20N2/c1-3-13-6-8-17(9-7-13)15-10-12(2)4-5-14(15)11-16/h4-5,10,13H,3,6-9H2,1-2H3. The van der Waals surface area contributed by atoms with E-state index >= 15 is 0 Å². The molecule has 0 spiro atoms. The van der Waals surface area contributed by atoms with E-state index in [2.05, 4.69) is 30.9 Å². The minimum atomic E-state index is 0.811. The van der Waals surface area contributed by atoms with Crippen LogP contribution in [0.1, 0.15) is 37.3 Å². The average molecular weight is 228 g/mol. The highest BCUT2D eigenvalue weighted by atomic mass is 15.1. The first-order valence-corrected chi connectivity index (χ1v) is 6.50. The Labute approximate surface area is 104 Å². The summed E-state index contributed by atoms with van der Waals surface area (Å²) in [5.74, 6) is 0.876. The molecular formula is C15H20N2. The van der Waals surface area contributed by atoms with Gasteiger partial charge in [-0.15, -0.1) is 0 Å². The Morgan fingerprint density at radius 2 is 2.06 bits per heavy atom. The maximum atomic E-state index is 9.16. The molecule has 0 radical (unpaired) electrons. The number of benzene rings is 1. The number of hydrogen-bond acceptors (Lipinski definition) is 2. The molecule has 1 aromatic carbocycles. The molecule has 0 amide bonds. The second-order valence-corrected chi connectivity index (χ2v) is 4.97. The number of hydrogen-bond donors (Lipinski definition) is 0. The number of aryl methyl sites for hydroxylation is 1. The lowest BCUT2D eigenvalue weighted by molar-refractivity contribution is 0.395. The summed E-state index contributed by atoms with van der Waals surface area (Å²) < 4.78 is 0. The SMILES string of the molecule is CCC1CCN(c2cc(C)ccc2C#N)CC1. The van der Waals surface area contributed by atoms with Gasteiger partial charge in [-0.3, -0.25) is 0 Å². The van der Waals surface area contributed by atoms with E-state index in [0.717, 1.165) is 30.3 Å². The minimum Gasteiger partial charge on any atom is -0.370 e. The van der Waals surface area contributed by atoms with E-state index < -0.39 is 0 Å². The molecule has 1 aliphatic heterocycles. The third kappa shape index (κ3) is 2.61. The van der Waals surface area contributed by atoms with Crippen molar-refractivity contribution in [3.8, 4) is 6.07 Å². The second kappa shape index (κ2) is 5.23. The lowest BCUT2D eigenvalue weighted by atomic mass is 9.93. The molecule has 0 N–H and O–H groups in total. The van der Waals surface area contributed by atoms with Crippen LogP contribution in [0.2, 0.25) is 0 Å². The summed E-state index contributed by atoms with van der Waals surface area (Å²) in [6.45, 7) is 6.55. The topological polar surface area (TPSA) is 27.0 Å². The van der Waals surface area contributed by atoms with Crippen LogP contribution in [-0.4, -0.2) is 13.1 Å². The fourth-order valence-electron chi connectivity index (χ4n) is 2.58. The third-order valence-corrected chi connectivity index (χ3v) is 3.81. The molecule has 1 heterocycles. The Bertz CT molecular complexity index is 423. The van der Waals surface area contributed by atoms with Gasteiger partial charge >= 0.3 is 0 Å². The molecule has 2 heteroatoms. The van der Waals surface area contributed by atoms with Crippen molar-refractivity contribution in [2.75, 3.05) is 18.0 Å². The first kappa shape index (κ1) is 12.0. The molecule has 0 unspecified atom stereocenters. The number of nitriles is 1. The summed E-state index contributed by atoms with van der Waals surface area (Å²) in [6.07, 6.45) is 3.80. The molecule has 90 valence electrons. The zero-order valence-corrected chi connectivity index (χ0v) is 10.7. The zero-order valence-electron chi connectivity index (χ0n) is 10.7. The van der Waals surface area contributed by atoms with Crippen LogP contribution in [0.4, 0.5) is 5.69 Å². The highest BCUT2D eigenvalue weighted by molar-refractivity contribution is 5.60.